The van der Waals surface area contributed by atoms with E-state index >= 15 is 0 Å². The summed E-state index contributed by atoms with van der Waals surface area (Å²) in [5.74, 6) is 14.4. The molecule has 612 valence electrons. The Balaban J connectivity index is 0.000000110. The Labute approximate surface area is 682 Å². The molecule has 4 amide bonds. The average molecular weight is 1550 g/mol. The molecule has 12 fully saturated rings. The molecule has 0 spiro atoms. The molecule has 20 rings (SSSR count). The third-order valence-electron chi connectivity index (χ3n) is 37.2. The lowest BCUT2D eigenvalue weighted by atomic mass is 9.46. The van der Waals surface area contributed by atoms with E-state index in [1.165, 1.54) is 173 Å². The van der Waals surface area contributed by atoms with Gasteiger partial charge in [-0.15, -0.1) is 0 Å². The van der Waals surface area contributed by atoms with Crippen molar-refractivity contribution < 1.29 is 28.7 Å². The van der Waals surface area contributed by atoms with Gasteiger partial charge in [-0.05, 0) is 386 Å². The van der Waals surface area contributed by atoms with E-state index in [-0.39, 0.29) is 34.5 Å². The lowest BCUT2D eigenvalue weighted by molar-refractivity contribution is -0.125. The molecule has 0 unspecified atom stereocenters. The maximum Gasteiger partial charge on any atom is 0.220 e. The Morgan fingerprint density at radius 3 is 0.939 bits per heavy atom. The number of carbonyl (C=O) groups is 4. The molecule has 14 nitrogen and oxygen atoms in total. The van der Waals surface area contributed by atoms with Crippen molar-refractivity contribution in [1.82, 2.24) is 41.2 Å². The van der Waals surface area contributed by atoms with Crippen molar-refractivity contribution >= 4 is 45.9 Å². The SMILES string of the molecule is COc1cncc(C2=CC[C@H]3[C@@H]4CC[C@H]5CC(=O)NCC[C@]5(C)[C@H]4CC[C@]23C)c1.COc1cncc(C2=CC[C@H]3[C@@H]4CC[C@H]5CNC(=O)CC[C@]5(C)[C@H]4CC[C@]23C)c1.Cc1cncc(C2=CC[C@H]3[C@@H]4CC[C@H]5CC(=O)NCC[C@]5(C)[C@H]4CC[C@]23C)c1.Cc1cncc(C2=CC[C@H]3[C@@H]4CC[C@H]5CNC(=O)CC[C@]5(C)[C@H]4CC[C@]23C)c1. The van der Waals surface area contributed by atoms with Gasteiger partial charge in [0.2, 0.25) is 23.6 Å². The van der Waals surface area contributed by atoms with Crippen LogP contribution in [0.15, 0.2) is 98.1 Å². The van der Waals surface area contributed by atoms with Gasteiger partial charge in [-0.2, -0.15) is 0 Å². The summed E-state index contributed by atoms with van der Waals surface area (Å²) in [5.41, 5.74) is 16.1. The minimum atomic E-state index is 0.233. The number of nitrogens with one attached hydrogen (secondary N) is 4. The second kappa shape index (κ2) is 30.8. The molecular weight excluding hydrogens is 1410 g/mol. The first-order valence-electron chi connectivity index (χ1n) is 45.5. The van der Waals surface area contributed by atoms with Gasteiger partial charge in [-0.3, -0.25) is 39.1 Å². The summed E-state index contributed by atoms with van der Waals surface area (Å²) in [6.07, 6.45) is 58.4. The molecule has 4 aliphatic heterocycles. The average Bonchev–Trinajstić information content (AvgIpc) is 1.51. The van der Waals surface area contributed by atoms with Crippen LogP contribution in [0, 0.1) is 152 Å². The summed E-state index contributed by atoms with van der Waals surface area (Å²) >= 11 is 0. The van der Waals surface area contributed by atoms with Crippen LogP contribution >= 0.6 is 0 Å². The Morgan fingerprint density at radius 1 is 0.325 bits per heavy atom. The molecule has 8 heterocycles. The lowest BCUT2D eigenvalue weighted by Gasteiger charge is -2.58. The van der Waals surface area contributed by atoms with Crippen LogP contribution in [-0.4, -0.2) is 84.0 Å². The lowest BCUT2D eigenvalue weighted by Crippen LogP contribution is -2.52. The summed E-state index contributed by atoms with van der Waals surface area (Å²) in [6.45, 7) is 27.9. The van der Waals surface area contributed by atoms with Crippen molar-refractivity contribution in [1.29, 1.82) is 0 Å². The van der Waals surface area contributed by atoms with Crippen LogP contribution < -0.4 is 30.7 Å². The van der Waals surface area contributed by atoms with E-state index in [0.717, 1.165) is 142 Å². The molecule has 4 saturated heterocycles. The summed E-state index contributed by atoms with van der Waals surface area (Å²) in [4.78, 5) is 66.3. The van der Waals surface area contributed by atoms with Gasteiger partial charge in [0.05, 0.1) is 26.6 Å². The molecule has 4 aromatic rings. The van der Waals surface area contributed by atoms with Crippen molar-refractivity contribution in [3.05, 3.63) is 132 Å². The standard InChI is InChI=1S/2C25H34N2O2.2C25H34N2O/c1-24-11-9-23(28)27-14-17(24)4-5-19-21-7-6-20(25(21,2)10-8-22(19)24)16-12-18(29-3)15-26-13-16;1-24-10-11-27-23(28)13-17(24)4-5-19-21-7-6-20(25(21,2)9-8-22(19)24)16-12-18(29-3)15-26-14-16;1-16-12-17(14-26-13-16)20-6-7-21-19-5-4-18-15-27-23(28)9-11-24(18,2)22(19)8-10-25(20,21)3;1-16-12-17(15-26-14-16)20-6-7-21-19-5-4-18-13-23(28)27-11-10-24(18,2)22(19)8-9-25(20,21)3/h6,12-13,15,17,19,21-22H,4-5,7-11,14H2,1-3H3,(H,27,28);6,12,14-15,17,19,21-22H,4-5,7-11,13H2,1-3H3,(H,27,28);6,12-14,18-19,21-22H,4-5,7-11,15H2,1-3H3,(H,27,28);6,12,14-15,18-19,21-22H,4-5,7-11,13H2,1-3H3,(H,27,28)/t2*17-,19-,21-,22-,24-,25+;2*18-,19-,21-,22-,24-,25+/m0000/s1. The maximum absolute atomic E-state index is 12.2. The zero-order valence-corrected chi connectivity index (χ0v) is 71.3. The molecule has 24 atom stereocenters. The van der Waals surface area contributed by atoms with Gasteiger partial charge in [-0.1, -0.05) is 79.7 Å². The molecule has 0 aromatic carbocycles. The smallest absolute Gasteiger partial charge is 0.220 e. The zero-order valence-electron chi connectivity index (χ0n) is 71.3. The van der Waals surface area contributed by atoms with Crippen LogP contribution in [0.2, 0.25) is 0 Å². The number of rotatable bonds is 6. The van der Waals surface area contributed by atoms with Gasteiger partial charge in [-0.25, -0.2) is 0 Å². The Morgan fingerprint density at radius 2 is 0.623 bits per heavy atom. The molecule has 4 N–H and O–H groups in total. The van der Waals surface area contributed by atoms with E-state index in [9.17, 15) is 19.2 Å². The highest BCUT2D eigenvalue weighted by Crippen LogP contribution is 2.72. The highest BCUT2D eigenvalue weighted by molar-refractivity contribution is 5.80. The fourth-order valence-corrected chi connectivity index (χ4v) is 30.8. The number of allylic oxidation sites excluding steroid dienone is 8. The molecule has 14 heteroatoms. The van der Waals surface area contributed by atoms with Crippen LogP contribution in [0.5, 0.6) is 11.5 Å². The minimum Gasteiger partial charge on any atom is -0.495 e. The Hall–Kier alpha value is -6.96. The first-order valence-corrected chi connectivity index (χ1v) is 45.5. The number of methoxy groups -OCH3 is 2. The fraction of sp³-hybridized carbons (Fsp3) is 0.680. The van der Waals surface area contributed by atoms with Gasteiger partial charge in [0.1, 0.15) is 11.5 Å². The number of nitrogens with zero attached hydrogens (tertiary/aromatic N) is 4. The molecule has 0 radical (unpaired) electrons. The minimum absolute atomic E-state index is 0.233. The van der Waals surface area contributed by atoms with Gasteiger partial charge >= 0.3 is 0 Å². The largest absolute Gasteiger partial charge is 0.495 e. The van der Waals surface area contributed by atoms with Gasteiger partial charge in [0.15, 0.2) is 0 Å². The van der Waals surface area contributed by atoms with Gasteiger partial charge in [0.25, 0.3) is 0 Å². The summed E-state index contributed by atoms with van der Waals surface area (Å²) in [5, 5.41) is 12.7. The van der Waals surface area contributed by atoms with Crippen molar-refractivity contribution in [2.75, 3.05) is 40.4 Å². The molecule has 4 aromatic heterocycles. The Bertz CT molecular complexity index is 4280. The number of hydrogen-bond donors (Lipinski definition) is 4. The van der Waals surface area contributed by atoms with Crippen LogP contribution in [0.1, 0.15) is 269 Å². The van der Waals surface area contributed by atoms with E-state index in [0.29, 0.717) is 74.4 Å². The normalized spacial score (nSPS) is 41.9. The van der Waals surface area contributed by atoms with E-state index in [4.69, 9.17) is 9.47 Å². The van der Waals surface area contributed by atoms with E-state index in [1.807, 2.05) is 24.8 Å². The molecule has 12 aliphatic carbocycles. The highest BCUT2D eigenvalue weighted by Gasteiger charge is 2.64. The second-order valence-electron chi connectivity index (χ2n) is 41.8. The van der Waals surface area contributed by atoms with Crippen molar-refractivity contribution in [3.63, 3.8) is 0 Å². The Kier molecular flexibility index (Phi) is 21.4. The van der Waals surface area contributed by atoms with Crippen molar-refractivity contribution in [2.24, 2.45) is 138 Å². The fourth-order valence-electron chi connectivity index (χ4n) is 30.8. The number of hydrogen-bond acceptors (Lipinski definition) is 10. The summed E-state index contributed by atoms with van der Waals surface area (Å²) < 4.78 is 10.9. The van der Waals surface area contributed by atoms with Crippen molar-refractivity contribution in [3.8, 4) is 11.5 Å². The number of amides is 4. The first kappa shape index (κ1) is 79.5. The number of aryl methyl sites for hydroxylation is 2. The predicted octanol–water partition coefficient (Wildman–Crippen LogP) is 20.0. The second-order valence-corrected chi connectivity index (χ2v) is 41.8. The quantitative estimate of drug-likeness (QED) is 0.145. The molecule has 8 saturated carbocycles. The molecule has 114 heavy (non-hydrogen) atoms. The van der Waals surface area contributed by atoms with Crippen LogP contribution in [-0.2, 0) is 19.2 Å². The third kappa shape index (κ3) is 13.6. The van der Waals surface area contributed by atoms with Gasteiger partial charge < -0.3 is 30.7 Å². The molecule has 0 bridgehead atoms. The van der Waals surface area contributed by atoms with E-state index in [2.05, 4.69) is 171 Å². The maximum atomic E-state index is 12.2. The topological polar surface area (TPSA) is 186 Å². The van der Waals surface area contributed by atoms with E-state index in [1.54, 1.807) is 37.8 Å². The number of aromatic nitrogens is 4. The highest BCUT2D eigenvalue weighted by atomic mass is 16.5. The number of pyridine rings is 4. The van der Waals surface area contributed by atoms with Gasteiger partial charge in [0, 0.05) is 89.0 Å². The molecule has 16 aliphatic rings. The summed E-state index contributed by atoms with van der Waals surface area (Å²) in [6, 6.07) is 8.94. The van der Waals surface area contributed by atoms with Crippen LogP contribution in [0.3, 0.4) is 0 Å². The molecular formula is C100H136N8O6. The monoisotopic (exact) mass is 1550 g/mol. The summed E-state index contributed by atoms with van der Waals surface area (Å²) in [7, 11) is 3.43. The van der Waals surface area contributed by atoms with E-state index < -0.39 is 0 Å². The number of carbonyl (C=O) groups excluding carboxylic acids is 4. The first-order chi connectivity index (χ1) is 54.7. The van der Waals surface area contributed by atoms with Crippen LogP contribution in [0.4, 0.5) is 0 Å². The van der Waals surface area contributed by atoms with Crippen molar-refractivity contribution in [2.45, 2.75) is 249 Å². The number of ether oxygens (including phenoxy) is 2. The van der Waals surface area contributed by atoms with Crippen LogP contribution in [0.25, 0.3) is 22.3 Å². The predicted molar refractivity (Wildman–Crippen MR) is 453 cm³/mol. The number of fused-ring (bicyclic) bond motifs is 20. The zero-order chi connectivity index (χ0) is 79.5. The third-order valence-corrected chi connectivity index (χ3v) is 37.2.